The maximum absolute atomic E-state index is 10.8. The topological polar surface area (TPSA) is 32.3 Å². The van der Waals surface area contributed by atoms with E-state index < -0.39 is 5.60 Å². The van der Waals surface area contributed by atoms with E-state index in [1.807, 2.05) is 30.3 Å². The van der Waals surface area contributed by atoms with E-state index in [-0.39, 0.29) is 6.04 Å². The van der Waals surface area contributed by atoms with Crippen LogP contribution in [0.3, 0.4) is 0 Å². The second kappa shape index (κ2) is 5.17. The Morgan fingerprint density at radius 3 is 2.69 bits per heavy atom. The highest BCUT2D eigenvalue weighted by atomic mass is 35.5. The molecule has 16 heavy (non-hydrogen) atoms. The van der Waals surface area contributed by atoms with E-state index in [4.69, 9.17) is 11.6 Å². The molecule has 0 saturated carbocycles. The third-order valence-electron chi connectivity index (χ3n) is 3.39. The summed E-state index contributed by atoms with van der Waals surface area (Å²) >= 11 is 5.83. The Morgan fingerprint density at radius 1 is 1.38 bits per heavy atom. The van der Waals surface area contributed by atoms with E-state index in [1.54, 1.807) is 0 Å². The lowest BCUT2D eigenvalue weighted by atomic mass is 9.83. The molecule has 0 radical (unpaired) electrons. The molecule has 2 atom stereocenters. The van der Waals surface area contributed by atoms with Gasteiger partial charge in [-0.1, -0.05) is 30.3 Å². The van der Waals surface area contributed by atoms with Crippen LogP contribution in [0.4, 0.5) is 0 Å². The summed E-state index contributed by atoms with van der Waals surface area (Å²) < 4.78 is 0. The Balaban J connectivity index is 2.27. The van der Waals surface area contributed by atoms with E-state index in [2.05, 4.69) is 5.32 Å². The molecular formula is C13H18ClNO. The van der Waals surface area contributed by atoms with E-state index >= 15 is 0 Å². The molecule has 0 bridgehead atoms. The molecule has 1 fully saturated rings. The van der Waals surface area contributed by atoms with Gasteiger partial charge >= 0.3 is 0 Å². The Hall–Kier alpha value is -0.570. The smallest absolute Gasteiger partial charge is 0.106 e. The van der Waals surface area contributed by atoms with Crippen LogP contribution in [0.5, 0.6) is 0 Å². The lowest BCUT2D eigenvalue weighted by Gasteiger charge is -2.34. The van der Waals surface area contributed by atoms with Crippen LogP contribution in [-0.2, 0) is 5.60 Å². The van der Waals surface area contributed by atoms with Gasteiger partial charge in [0.05, 0.1) is 0 Å². The standard InChI is InChI=1S/C13H18ClNO/c14-9-8-13(16,12-7-4-10-15-12)11-5-2-1-3-6-11/h1-3,5-6,12,15-16H,4,7-10H2. The second-order valence-corrected chi connectivity index (χ2v) is 4.76. The Bertz CT molecular complexity index is 324. The number of halogens is 1. The van der Waals surface area contributed by atoms with Crippen molar-refractivity contribution in [3.8, 4) is 0 Å². The first-order chi connectivity index (χ1) is 7.77. The molecule has 0 aromatic heterocycles. The van der Waals surface area contributed by atoms with E-state index in [9.17, 15) is 5.11 Å². The van der Waals surface area contributed by atoms with Gasteiger partial charge in [0.1, 0.15) is 5.60 Å². The fraction of sp³-hybridized carbons (Fsp3) is 0.538. The first kappa shape index (κ1) is 11.9. The molecule has 0 spiro atoms. The van der Waals surface area contributed by atoms with Gasteiger partial charge in [-0.2, -0.15) is 0 Å². The van der Waals surface area contributed by atoms with Gasteiger partial charge in [-0.05, 0) is 31.4 Å². The summed E-state index contributed by atoms with van der Waals surface area (Å²) in [6, 6.07) is 9.98. The van der Waals surface area contributed by atoms with Gasteiger partial charge in [-0.3, -0.25) is 0 Å². The van der Waals surface area contributed by atoms with Crippen LogP contribution in [0.1, 0.15) is 24.8 Å². The summed E-state index contributed by atoms with van der Waals surface area (Å²) in [7, 11) is 0. The van der Waals surface area contributed by atoms with E-state index in [1.165, 1.54) is 0 Å². The maximum Gasteiger partial charge on any atom is 0.106 e. The lowest BCUT2D eigenvalue weighted by Crippen LogP contribution is -2.45. The van der Waals surface area contributed by atoms with Crippen molar-refractivity contribution in [3.63, 3.8) is 0 Å². The maximum atomic E-state index is 10.8. The molecular weight excluding hydrogens is 222 g/mol. The van der Waals surface area contributed by atoms with E-state index in [0.717, 1.165) is 24.9 Å². The van der Waals surface area contributed by atoms with Crippen molar-refractivity contribution in [2.24, 2.45) is 0 Å². The molecule has 2 N–H and O–H groups in total. The highest BCUT2D eigenvalue weighted by Crippen LogP contribution is 2.33. The molecule has 2 unspecified atom stereocenters. The molecule has 1 saturated heterocycles. The van der Waals surface area contributed by atoms with Crippen LogP contribution in [-0.4, -0.2) is 23.6 Å². The van der Waals surface area contributed by atoms with Crippen LogP contribution in [0.15, 0.2) is 30.3 Å². The van der Waals surface area contributed by atoms with Crippen LogP contribution in [0.2, 0.25) is 0 Å². The zero-order valence-corrected chi connectivity index (χ0v) is 10.1. The first-order valence-electron chi connectivity index (χ1n) is 5.84. The number of hydrogen-bond donors (Lipinski definition) is 2. The molecule has 88 valence electrons. The summed E-state index contributed by atoms with van der Waals surface area (Å²) in [5.74, 6) is 0.476. The molecule has 2 rings (SSSR count). The zero-order chi connectivity index (χ0) is 11.4. The van der Waals surface area contributed by atoms with Gasteiger partial charge in [-0.15, -0.1) is 11.6 Å². The van der Waals surface area contributed by atoms with Crippen molar-refractivity contribution in [1.82, 2.24) is 5.32 Å². The SMILES string of the molecule is OC(CCCl)(c1ccccc1)C1CCCN1. The monoisotopic (exact) mass is 239 g/mol. The minimum absolute atomic E-state index is 0.133. The largest absolute Gasteiger partial charge is 0.383 e. The third-order valence-corrected chi connectivity index (χ3v) is 3.58. The minimum Gasteiger partial charge on any atom is -0.383 e. The van der Waals surface area contributed by atoms with Crippen molar-refractivity contribution in [3.05, 3.63) is 35.9 Å². The second-order valence-electron chi connectivity index (χ2n) is 4.38. The van der Waals surface area contributed by atoms with Crippen molar-refractivity contribution < 1.29 is 5.11 Å². The van der Waals surface area contributed by atoms with Crippen LogP contribution >= 0.6 is 11.6 Å². The predicted molar refractivity (Wildman–Crippen MR) is 66.7 cm³/mol. The number of alkyl halides is 1. The molecule has 1 aliphatic rings. The molecule has 2 nitrogen and oxygen atoms in total. The normalized spacial score (nSPS) is 24.2. The highest BCUT2D eigenvalue weighted by molar-refractivity contribution is 6.17. The number of rotatable bonds is 4. The average Bonchev–Trinajstić information content (AvgIpc) is 2.84. The molecule has 1 aromatic carbocycles. The van der Waals surface area contributed by atoms with Crippen LogP contribution in [0, 0.1) is 0 Å². The number of nitrogens with one attached hydrogen (secondary N) is 1. The Labute approximate surface area is 102 Å². The number of hydrogen-bond acceptors (Lipinski definition) is 2. The van der Waals surface area contributed by atoms with Gasteiger partial charge < -0.3 is 10.4 Å². The van der Waals surface area contributed by atoms with Gasteiger partial charge in [0, 0.05) is 11.9 Å². The fourth-order valence-electron chi connectivity index (χ4n) is 2.48. The molecule has 1 heterocycles. The minimum atomic E-state index is -0.820. The molecule has 3 heteroatoms. The van der Waals surface area contributed by atoms with Crippen molar-refractivity contribution in [1.29, 1.82) is 0 Å². The van der Waals surface area contributed by atoms with Gasteiger partial charge in [-0.25, -0.2) is 0 Å². The summed E-state index contributed by atoms with van der Waals surface area (Å²) in [6.45, 7) is 0.988. The number of benzene rings is 1. The quantitative estimate of drug-likeness (QED) is 0.790. The summed E-state index contributed by atoms with van der Waals surface area (Å²) in [5, 5.41) is 14.2. The Morgan fingerprint density at radius 2 is 2.12 bits per heavy atom. The van der Waals surface area contributed by atoms with E-state index in [0.29, 0.717) is 12.3 Å². The Kier molecular flexibility index (Phi) is 3.85. The highest BCUT2D eigenvalue weighted by Gasteiger charge is 2.39. The fourth-order valence-corrected chi connectivity index (χ4v) is 2.77. The zero-order valence-electron chi connectivity index (χ0n) is 9.32. The van der Waals surface area contributed by atoms with Crippen molar-refractivity contribution in [2.45, 2.75) is 30.9 Å². The molecule has 1 aromatic rings. The third kappa shape index (κ3) is 2.24. The molecule has 0 aliphatic carbocycles. The van der Waals surface area contributed by atoms with Crippen molar-refractivity contribution in [2.75, 3.05) is 12.4 Å². The number of aliphatic hydroxyl groups is 1. The van der Waals surface area contributed by atoms with Crippen LogP contribution < -0.4 is 5.32 Å². The summed E-state index contributed by atoms with van der Waals surface area (Å²) in [4.78, 5) is 0. The van der Waals surface area contributed by atoms with Gasteiger partial charge in [0.15, 0.2) is 0 Å². The van der Waals surface area contributed by atoms with Crippen LogP contribution in [0.25, 0.3) is 0 Å². The summed E-state index contributed by atoms with van der Waals surface area (Å²) in [6.07, 6.45) is 2.74. The van der Waals surface area contributed by atoms with Gasteiger partial charge in [0.2, 0.25) is 0 Å². The predicted octanol–water partition coefficient (Wildman–Crippen LogP) is 2.26. The van der Waals surface area contributed by atoms with Crippen molar-refractivity contribution >= 4 is 11.6 Å². The van der Waals surface area contributed by atoms with Gasteiger partial charge in [0.25, 0.3) is 0 Å². The molecule has 1 aliphatic heterocycles. The lowest BCUT2D eigenvalue weighted by molar-refractivity contribution is -0.000327. The summed E-state index contributed by atoms with van der Waals surface area (Å²) in [5.41, 5.74) is 0.148. The average molecular weight is 240 g/mol. The molecule has 0 amide bonds. The first-order valence-corrected chi connectivity index (χ1v) is 6.38.